The summed E-state index contributed by atoms with van der Waals surface area (Å²) in [7, 11) is 0. The van der Waals surface area contributed by atoms with E-state index >= 15 is 0 Å². The average molecular weight is 249 g/mol. The van der Waals surface area contributed by atoms with Gasteiger partial charge in [0.25, 0.3) is 0 Å². The zero-order chi connectivity index (χ0) is 13.7. The summed E-state index contributed by atoms with van der Waals surface area (Å²) < 4.78 is 0. The van der Waals surface area contributed by atoms with Crippen LogP contribution in [0.2, 0.25) is 0 Å². The Kier molecular flexibility index (Phi) is 4.89. The Morgan fingerprint density at radius 3 is 2.50 bits per heavy atom. The molecule has 0 radical (unpaired) electrons. The van der Waals surface area contributed by atoms with E-state index in [0.717, 1.165) is 0 Å². The molecule has 0 aliphatic carbocycles. The third-order valence-corrected chi connectivity index (χ3v) is 2.93. The number of carboxylic acids is 1. The van der Waals surface area contributed by atoms with E-state index in [-0.39, 0.29) is 23.9 Å². The summed E-state index contributed by atoms with van der Waals surface area (Å²) in [5.74, 6) is -0.689. The molecule has 0 aliphatic heterocycles. The molecule has 0 saturated carbocycles. The lowest BCUT2D eigenvalue weighted by molar-refractivity contribution is -0.121. The Labute approximate surface area is 107 Å². The van der Waals surface area contributed by atoms with Gasteiger partial charge in [0.15, 0.2) is 0 Å². The number of rotatable bonds is 5. The van der Waals surface area contributed by atoms with Crippen molar-refractivity contribution in [2.75, 3.05) is 0 Å². The smallest absolute Gasteiger partial charge is 0.335 e. The molecule has 4 heteroatoms. The van der Waals surface area contributed by atoms with Crippen molar-refractivity contribution in [3.05, 3.63) is 35.4 Å². The van der Waals surface area contributed by atoms with Crippen LogP contribution in [0.3, 0.4) is 0 Å². The number of hydrogen-bond acceptors (Lipinski definition) is 2. The van der Waals surface area contributed by atoms with Crippen LogP contribution in [0.15, 0.2) is 24.3 Å². The summed E-state index contributed by atoms with van der Waals surface area (Å²) in [6.45, 7) is 6.03. The number of carboxylic acid groups (broad SMARTS) is 1. The number of hydrogen-bond donors (Lipinski definition) is 2. The van der Waals surface area contributed by atoms with Crippen molar-refractivity contribution in [1.29, 1.82) is 0 Å². The second-order valence-corrected chi connectivity index (χ2v) is 4.78. The normalized spacial score (nSPS) is 12.2. The highest BCUT2D eigenvalue weighted by molar-refractivity contribution is 5.88. The van der Waals surface area contributed by atoms with E-state index in [1.807, 2.05) is 20.8 Å². The minimum Gasteiger partial charge on any atom is -0.478 e. The minimum absolute atomic E-state index is 0.0845. The van der Waals surface area contributed by atoms with Crippen molar-refractivity contribution in [1.82, 2.24) is 5.32 Å². The highest BCUT2D eigenvalue weighted by Crippen LogP contribution is 2.07. The van der Waals surface area contributed by atoms with Gasteiger partial charge in [-0.05, 0) is 30.5 Å². The van der Waals surface area contributed by atoms with Gasteiger partial charge in [0.1, 0.15) is 0 Å². The number of benzene rings is 1. The van der Waals surface area contributed by atoms with Crippen molar-refractivity contribution in [3.63, 3.8) is 0 Å². The van der Waals surface area contributed by atoms with Gasteiger partial charge in [0, 0.05) is 6.04 Å². The van der Waals surface area contributed by atoms with E-state index in [4.69, 9.17) is 5.11 Å². The van der Waals surface area contributed by atoms with Gasteiger partial charge in [0.05, 0.1) is 12.0 Å². The number of carbonyl (C=O) groups is 2. The maximum atomic E-state index is 11.7. The van der Waals surface area contributed by atoms with Crippen LogP contribution in [0.1, 0.15) is 36.7 Å². The third-order valence-electron chi connectivity index (χ3n) is 2.93. The average Bonchev–Trinajstić information content (AvgIpc) is 2.28. The van der Waals surface area contributed by atoms with Gasteiger partial charge in [-0.2, -0.15) is 0 Å². The van der Waals surface area contributed by atoms with Gasteiger partial charge in [0.2, 0.25) is 5.91 Å². The van der Waals surface area contributed by atoms with Gasteiger partial charge < -0.3 is 10.4 Å². The highest BCUT2D eigenvalue weighted by atomic mass is 16.4. The van der Waals surface area contributed by atoms with Crippen LogP contribution in [-0.2, 0) is 11.2 Å². The van der Waals surface area contributed by atoms with Crippen LogP contribution in [0.4, 0.5) is 0 Å². The topological polar surface area (TPSA) is 66.4 Å². The van der Waals surface area contributed by atoms with E-state index in [1.54, 1.807) is 12.1 Å². The lowest BCUT2D eigenvalue weighted by atomic mass is 10.0. The van der Waals surface area contributed by atoms with Crippen molar-refractivity contribution in [2.24, 2.45) is 5.92 Å². The number of aromatic carboxylic acids is 1. The van der Waals surface area contributed by atoms with Crippen LogP contribution in [0, 0.1) is 5.92 Å². The van der Waals surface area contributed by atoms with Crippen molar-refractivity contribution in [3.8, 4) is 0 Å². The molecular weight excluding hydrogens is 230 g/mol. The highest BCUT2D eigenvalue weighted by Gasteiger charge is 2.12. The van der Waals surface area contributed by atoms with Crippen LogP contribution in [0.25, 0.3) is 0 Å². The number of amides is 1. The Morgan fingerprint density at radius 1 is 1.28 bits per heavy atom. The van der Waals surface area contributed by atoms with E-state index in [0.29, 0.717) is 11.5 Å². The predicted octanol–water partition coefficient (Wildman–Crippen LogP) is 2.09. The first-order valence-electron chi connectivity index (χ1n) is 6.01. The molecule has 0 spiro atoms. The largest absolute Gasteiger partial charge is 0.478 e. The molecule has 18 heavy (non-hydrogen) atoms. The summed E-state index contributed by atoms with van der Waals surface area (Å²) in [4.78, 5) is 22.6. The quantitative estimate of drug-likeness (QED) is 0.839. The molecule has 4 nitrogen and oxygen atoms in total. The summed E-state index contributed by atoms with van der Waals surface area (Å²) in [5, 5.41) is 11.8. The second kappa shape index (κ2) is 6.19. The molecule has 0 aromatic heterocycles. The molecule has 2 N–H and O–H groups in total. The molecular formula is C14H19NO3. The Morgan fingerprint density at radius 2 is 1.94 bits per heavy atom. The first-order chi connectivity index (χ1) is 8.40. The Bertz CT molecular complexity index is 440. The van der Waals surface area contributed by atoms with Crippen molar-refractivity contribution in [2.45, 2.75) is 33.2 Å². The van der Waals surface area contributed by atoms with Gasteiger partial charge >= 0.3 is 5.97 Å². The Balaban J connectivity index is 2.65. The predicted molar refractivity (Wildman–Crippen MR) is 69.5 cm³/mol. The van der Waals surface area contributed by atoms with Gasteiger partial charge in [-0.25, -0.2) is 4.79 Å². The van der Waals surface area contributed by atoms with E-state index in [9.17, 15) is 9.59 Å². The van der Waals surface area contributed by atoms with E-state index in [1.165, 1.54) is 12.1 Å². The molecule has 1 rings (SSSR count). The van der Waals surface area contributed by atoms with Crippen molar-refractivity contribution < 1.29 is 14.7 Å². The van der Waals surface area contributed by atoms with Gasteiger partial charge in [-0.3, -0.25) is 4.79 Å². The number of carbonyl (C=O) groups excluding carboxylic acids is 1. The summed E-state index contributed by atoms with van der Waals surface area (Å²) >= 11 is 0. The standard InChI is InChI=1S/C14H19NO3/c1-9(2)10(3)15-13(16)8-11-5-4-6-12(7-11)14(17)18/h4-7,9-10H,8H2,1-3H3,(H,15,16)(H,17,18). The van der Waals surface area contributed by atoms with E-state index in [2.05, 4.69) is 5.32 Å². The molecule has 1 aromatic rings. The second-order valence-electron chi connectivity index (χ2n) is 4.78. The fourth-order valence-electron chi connectivity index (χ4n) is 1.47. The van der Waals surface area contributed by atoms with Crippen molar-refractivity contribution >= 4 is 11.9 Å². The van der Waals surface area contributed by atoms with Crippen LogP contribution >= 0.6 is 0 Å². The molecule has 98 valence electrons. The lowest BCUT2D eigenvalue weighted by Crippen LogP contribution is -2.37. The molecule has 0 fully saturated rings. The zero-order valence-corrected chi connectivity index (χ0v) is 10.9. The Hall–Kier alpha value is -1.84. The summed E-state index contributed by atoms with van der Waals surface area (Å²) in [5.41, 5.74) is 0.917. The fraction of sp³-hybridized carbons (Fsp3) is 0.429. The van der Waals surface area contributed by atoms with Crippen LogP contribution < -0.4 is 5.32 Å². The first kappa shape index (κ1) is 14.2. The molecule has 0 heterocycles. The monoisotopic (exact) mass is 249 g/mol. The third kappa shape index (κ3) is 4.20. The van der Waals surface area contributed by atoms with Gasteiger partial charge in [-0.1, -0.05) is 26.0 Å². The fourth-order valence-corrected chi connectivity index (χ4v) is 1.47. The zero-order valence-electron chi connectivity index (χ0n) is 10.9. The first-order valence-corrected chi connectivity index (χ1v) is 6.01. The molecule has 1 aromatic carbocycles. The maximum Gasteiger partial charge on any atom is 0.335 e. The van der Waals surface area contributed by atoms with Crippen LogP contribution in [0.5, 0.6) is 0 Å². The minimum atomic E-state index is -0.979. The van der Waals surface area contributed by atoms with Crippen LogP contribution in [-0.4, -0.2) is 23.0 Å². The molecule has 0 aliphatic rings. The lowest BCUT2D eigenvalue weighted by Gasteiger charge is -2.17. The molecule has 1 unspecified atom stereocenters. The summed E-state index contributed by atoms with van der Waals surface area (Å²) in [6.07, 6.45) is 0.207. The maximum absolute atomic E-state index is 11.7. The molecule has 1 amide bonds. The molecule has 0 bridgehead atoms. The molecule has 0 saturated heterocycles. The van der Waals surface area contributed by atoms with Gasteiger partial charge in [-0.15, -0.1) is 0 Å². The van der Waals surface area contributed by atoms with E-state index < -0.39 is 5.97 Å². The molecule has 1 atom stereocenters. The number of nitrogens with one attached hydrogen (secondary N) is 1. The SMILES string of the molecule is CC(C)C(C)NC(=O)Cc1cccc(C(=O)O)c1. The summed E-state index contributed by atoms with van der Waals surface area (Å²) in [6, 6.07) is 6.56.